The van der Waals surface area contributed by atoms with Crippen molar-refractivity contribution >= 4 is 11.9 Å². The number of methoxy groups -OCH3 is 1. The SMILES string of the molecule is COc1nc(NO)nc(N(C)C)n1. The molecule has 0 aliphatic heterocycles. The van der Waals surface area contributed by atoms with E-state index in [2.05, 4.69) is 15.0 Å². The van der Waals surface area contributed by atoms with Gasteiger partial charge in [0, 0.05) is 14.1 Å². The lowest BCUT2D eigenvalue weighted by atomic mass is 10.8. The van der Waals surface area contributed by atoms with E-state index in [1.165, 1.54) is 7.11 Å². The van der Waals surface area contributed by atoms with Crippen LogP contribution in [0.25, 0.3) is 0 Å². The van der Waals surface area contributed by atoms with E-state index in [1.807, 2.05) is 5.48 Å². The number of hydrogen-bond donors (Lipinski definition) is 2. The summed E-state index contributed by atoms with van der Waals surface area (Å²) in [5.41, 5.74) is 1.83. The number of aromatic nitrogens is 3. The Bertz CT molecular complexity index is 268. The molecule has 0 aliphatic carbocycles. The minimum Gasteiger partial charge on any atom is -0.467 e. The Balaban J connectivity index is 3.07. The maximum Gasteiger partial charge on any atom is 0.322 e. The molecule has 7 nitrogen and oxygen atoms in total. The molecule has 0 aromatic carbocycles. The summed E-state index contributed by atoms with van der Waals surface area (Å²) < 4.78 is 4.81. The maximum absolute atomic E-state index is 8.59. The molecular formula is C6H11N5O2. The van der Waals surface area contributed by atoms with Crippen molar-refractivity contribution in [3.63, 3.8) is 0 Å². The van der Waals surface area contributed by atoms with Crippen LogP contribution in [0.15, 0.2) is 0 Å². The van der Waals surface area contributed by atoms with Crippen molar-refractivity contribution in [3.8, 4) is 6.01 Å². The van der Waals surface area contributed by atoms with Gasteiger partial charge >= 0.3 is 6.01 Å². The van der Waals surface area contributed by atoms with E-state index in [9.17, 15) is 0 Å². The molecule has 0 fully saturated rings. The first-order valence-electron chi connectivity index (χ1n) is 3.55. The Morgan fingerprint density at radius 1 is 1.31 bits per heavy atom. The van der Waals surface area contributed by atoms with Gasteiger partial charge in [0.25, 0.3) is 5.95 Å². The van der Waals surface area contributed by atoms with Crippen LogP contribution < -0.4 is 15.1 Å². The van der Waals surface area contributed by atoms with Crippen LogP contribution in [0.2, 0.25) is 0 Å². The topological polar surface area (TPSA) is 83.4 Å². The third kappa shape index (κ3) is 2.15. The van der Waals surface area contributed by atoms with Crippen LogP contribution in [0.1, 0.15) is 0 Å². The fourth-order valence-electron chi connectivity index (χ4n) is 0.687. The minimum atomic E-state index is 0.0514. The quantitative estimate of drug-likeness (QED) is 0.628. The van der Waals surface area contributed by atoms with Gasteiger partial charge in [-0.15, -0.1) is 0 Å². The number of anilines is 2. The molecule has 0 bridgehead atoms. The van der Waals surface area contributed by atoms with Crippen molar-refractivity contribution in [2.75, 3.05) is 31.6 Å². The summed E-state index contributed by atoms with van der Waals surface area (Å²) in [4.78, 5) is 13.2. The standard InChI is InChI=1S/C6H11N5O2/c1-11(2)5-7-4(10-12)8-6(9-5)13-3/h12H,1-3H3,(H,7,8,9,10). The lowest BCUT2D eigenvalue weighted by Crippen LogP contribution is -2.15. The van der Waals surface area contributed by atoms with E-state index in [0.29, 0.717) is 5.95 Å². The van der Waals surface area contributed by atoms with Gasteiger partial charge in [-0.2, -0.15) is 15.0 Å². The van der Waals surface area contributed by atoms with E-state index in [1.54, 1.807) is 19.0 Å². The predicted molar refractivity (Wildman–Crippen MR) is 46.1 cm³/mol. The molecule has 7 heteroatoms. The highest BCUT2D eigenvalue weighted by molar-refractivity contribution is 5.35. The summed E-state index contributed by atoms with van der Waals surface area (Å²) in [6, 6.07) is 0.148. The summed E-state index contributed by atoms with van der Waals surface area (Å²) in [5, 5.41) is 8.59. The number of nitrogens with zero attached hydrogens (tertiary/aromatic N) is 4. The van der Waals surface area contributed by atoms with Gasteiger partial charge in [-0.3, -0.25) is 5.21 Å². The molecule has 0 aliphatic rings. The number of hydrogen-bond acceptors (Lipinski definition) is 7. The van der Waals surface area contributed by atoms with Crippen molar-refractivity contribution in [1.29, 1.82) is 0 Å². The third-order valence-corrected chi connectivity index (χ3v) is 1.29. The molecule has 72 valence electrons. The van der Waals surface area contributed by atoms with Crippen LogP contribution in [-0.2, 0) is 0 Å². The van der Waals surface area contributed by atoms with Crippen LogP contribution in [0.4, 0.5) is 11.9 Å². The molecule has 0 atom stereocenters. The maximum atomic E-state index is 8.59. The van der Waals surface area contributed by atoms with Crippen LogP contribution in [0, 0.1) is 0 Å². The first kappa shape index (κ1) is 9.46. The second kappa shape index (κ2) is 3.85. The zero-order valence-electron chi connectivity index (χ0n) is 7.64. The number of ether oxygens (including phenoxy) is 1. The summed E-state index contributed by atoms with van der Waals surface area (Å²) in [5.74, 6) is 0.457. The molecule has 2 N–H and O–H groups in total. The Labute approximate surface area is 75.4 Å². The zero-order chi connectivity index (χ0) is 9.84. The van der Waals surface area contributed by atoms with Crippen LogP contribution in [0.3, 0.4) is 0 Å². The second-order valence-electron chi connectivity index (χ2n) is 2.45. The second-order valence-corrected chi connectivity index (χ2v) is 2.45. The molecule has 13 heavy (non-hydrogen) atoms. The number of nitrogens with one attached hydrogen (secondary N) is 1. The van der Waals surface area contributed by atoms with Crippen molar-refractivity contribution < 1.29 is 9.94 Å². The lowest BCUT2D eigenvalue weighted by Gasteiger charge is -2.10. The van der Waals surface area contributed by atoms with Gasteiger partial charge in [0.1, 0.15) is 0 Å². The molecule has 0 unspecified atom stereocenters. The summed E-state index contributed by atoms with van der Waals surface area (Å²) >= 11 is 0. The highest BCUT2D eigenvalue weighted by atomic mass is 16.5. The van der Waals surface area contributed by atoms with Crippen molar-refractivity contribution in [3.05, 3.63) is 0 Å². The highest BCUT2D eigenvalue weighted by Gasteiger charge is 2.06. The summed E-state index contributed by atoms with van der Waals surface area (Å²) in [7, 11) is 4.99. The van der Waals surface area contributed by atoms with E-state index in [4.69, 9.17) is 9.94 Å². The molecule has 1 aromatic rings. The molecule has 0 spiro atoms. The van der Waals surface area contributed by atoms with E-state index in [0.717, 1.165) is 0 Å². The average molecular weight is 185 g/mol. The van der Waals surface area contributed by atoms with Gasteiger partial charge < -0.3 is 9.64 Å². The van der Waals surface area contributed by atoms with E-state index >= 15 is 0 Å². The fraction of sp³-hybridized carbons (Fsp3) is 0.500. The Morgan fingerprint density at radius 2 is 2.00 bits per heavy atom. The molecule has 1 aromatic heterocycles. The number of rotatable bonds is 3. The predicted octanol–water partition coefficient (Wildman–Crippen LogP) is -0.253. The first-order valence-corrected chi connectivity index (χ1v) is 3.55. The summed E-state index contributed by atoms with van der Waals surface area (Å²) in [6.45, 7) is 0. The summed E-state index contributed by atoms with van der Waals surface area (Å²) in [6.07, 6.45) is 0. The lowest BCUT2D eigenvalue weighted by molar-refractivity contribution is 0.363. The van der Waals surface area contributed by atoms with Gasteiger partial charge in [0.05, 0.1) is 7.11 Å². The van der Waals surface area contributed by atoms with E-state index < -0.39 is 0 Å². The molecule has 0 saturated carbocycles. The van der Waals surface area contributed by atoms with Gasteiger partial charge in [0.15, 0.2) is 0 Å². The zero-order valence-corrected chi connectivity index (χ0v) is 7.64. The Hall–Kier alpha value is -1.63. The Kier molecular flexibility index (Phi) is 2.80. The molecule has 1 rings (SSSR count). The van der Waals surface area contributed by atoms with Gasteiger partial charge in [-0.1, -0.05) is 0 Å². The largest absolute Gasteiger partial charge is 0.467 e. The normalized spacial score (nSPS) is 9.54. The molecule has 0 radical (unpaired) electrons. The fourth-order valence-corrected chi connectivity index (χ4v) is 0.687. The van der Waals surface area contributed by atoms with Gasteiger partial charge in [-0.05, 0) is 0 Å². The monoisotopic (exact) mass is 185 g/mol. The minimum absolute atomic E-state index is 0.0514. The molecule has 0 amide bonds. The Morgan fingerprint density at radius 3 is 2.46 bits per heavy atom. The van der Waals surface area contributed by atoms with Crippen molar-refractivity contribution in [2.45, 2.75) is 0 Å². The van der Waals surface area contributed by atoms with Crippen LogP contribution >= 0.6 is 0 Å². The molecule has 1 heterocycles. The van der Waals surface area contributed by atoms with E-state index in [-0.39, 0.29) is 12.0 Å². The smallest absolute Gasteiger partial charge is 0.322 e. The highest BCUT2D eigenvalue weighted by Crippen LogP contribution is 2.11. The molecule has 0 saturated heterocycles. The van der Waals surface area contributed by atoms with Crippen LogP contribution in [0.5, 0.6) is 6.01 Å². The first-order chi connectivity index (χ1) is 6.17. The van der Waals surface area contributed by atoms with Crippen LogP contribution in [-0.4, -0.2) is 41.4 Å². The third-order valence-electron chi connectivity index (χ3n) is 1.29. The average Bonchev–Trinajstić information content (AvgIpc) is 2.16. The van der Waals surface area contributed by atoms with Gasteiger partial charge in [0.2, 0.25) is 5.95 Å². The molecular weight excluding hydrogens is 174 g/mol. The van der Waals surface area contributed by atoms with Crippen molar-refractivity contribution in [1.82, 2.24) is 15.0 Å². The van der Waals surface area contributed by atoms with Gasteiger partial charge in [-0.25, -0.2) is 5.48 Å². The van der Waals surface area contributed by atoms with Crippen molar-refractivity contribution in [2.24, 2.45) is 0 Å².